The number of hydrogen-bond acceptors (Lipinski definition) is 7. The van der Waals surface area contributed by atoms with Crippen molar-refractivity contribution in [2.45, 2.75) is 25.4 Å². The van der Waals surface area contributed by atoms with Crippen LogP contribution in [0.25, 0.3) is 11.3 Å². The highest BCUT2D eigenvalue weighted by molar-refractivity contribution is 6.35. The smallest absolute Gasteiger partial charge is 0.261 e. The molecule has 0 N–H and O–H groups in total. The van der Waals surface area contributed by atoms with Gasteiger partial charge in [0, 0.05) is 64.0 Å². The van der Waals surface area contributed by atoms with Crippen LogP contribution < -0.4 is 9.64 Å². The maximum absolute atomic E-state index is 15.0. The number of anilines is 1. The van der Waals surface area contributed by atoms with Crippen LogP contribution in [0.2, 0.25) is 5.02 Å². The lowest BCUT2D eigenvalue weighted by Gasteiger charge is -2.48. The summed E-state index contributed by atoms with van der Waals surface area (Å²) in [4.78, 5) is 39.2. The van der Waals surface area contributed by atoms with E-state index in [0.29, 0.717) is 45.1 Å². The van der Waals surface area contributed by atoms with Crippen LogP contribution in [0.15, 0.2) is 36.9 Å². The molecule has 40 heavy (non-hydrogen) atoms. The number of halogens is 2. The third kappa shape index (κ3) is 5.15. The fourth-order valence-corrected chi connectivity index (χ4v) is 6.12. The number of benzene rings is 1. The zero-order valence-electron chi connectivity index (χ0n) is 23.2. The molecule has 3 aliphatic rings. The molecule has 2 saturated heterocycles. The average Bonchev–Trinajstić information content (AvgIpc) is 3.09. The van der Waals surface area contributed by atoms with E-state index in [1.54, 1.807) is 35.1 Å². The maximum Gasteiger partial charge on any atom is 0.261 e. The number of hydrogen-bond donors (Lipinski definition) is 0. The average molecular weight is 572 g/mol. The van der Waals surface area contributed by atoms with E-state index < -0.39 is 5.82 Å². The summed E-state index contributed by atoms with van der Waals surface area (Å²) in [6.45, 7) is 12.3. The topological polar surface area (TPSA) is 78.5 Å². The number of methoxy groups -OCH3 is 1. The van der Waals surface area contributed by atoms with E-state index in [1.807, 2.05) is 0 Å². The first-order chi connectivity index (χ1) is 19.2. The lowest BCUT2D eigenvalue weighted by Crippen LogP contribution is -2.60. The summed E-state index contributed by atoms with van der Waals surface area (Å²) < 4.78 is 26.6. The number of pyridine rings is 1. The number of nitrogens with zero attached hydrogens (tertiary/aromatic N) is 5. The van der Waals surface area contributed by atoms with Crippen LogP contribution in [0.4, 0.5) is 10.2 Å². The second-order valence-corrected chi connectivity index (χ2v) is 11.3. The number of carbonyl (C=O) groups excluding carboxylic acids is 2. The Balaban J connectivity index is 1.60. The van der Waals surface area contributed by atoms with Crippen LogP contribution in [0.5, 0.6) is 5.75 Å². The molecule has 2 aromatic rings. The fraction of sp³-hybridized carbons (Fsp3) is 0.483. The van der Waals surface area contributed by atoms with Crippen LogP contribution in [0.3, 0.4) is 0 Å². The Hall–Kier alpha value is -3.21. The minimum absolute atomic E-state index is 0.0917. The van der Waals surface area contributed by atoms with Gasteiger partial charge in [-0.2, -0.15) is 0 Å². The number of amides is 2. The van der Waals surface area contributed by atoms with E-state index in [9.17, 15) is 9.59 Å². The van der Waals surface area contributed by atoms with Crippen molar-refractivity contribution in [3.8, 4) is 17.0 Å². The summed E-state index contributed by atoms with van der Waals surface area (Å²) in [6.07, 6.45) is 1.28. The molecule has 1 unspecified atom stereocenters. The second-order valence-electron chi connectivity index (χ2n) is 10.9. The number of piperazine rings is 2. The molecule has 5 rings (SSSR count). The molecule has 1 aromatic carbocycles. The maximum atomic E-state index is 15.0. The van der Waals surface area contributed by atoms with Gasteiger partial charge in [-0.15, -0.1) is 0 Å². The molecule has 2 fully saturated rings. The first kappa shape index (κ1) is 28.3. The Kier molecular flexibility index (Phi) is 8.03. The Labute approximate surface area is 239 Å². The van der Waals surface area contributed by atoms with Gasteiger partial charge < -0.3 is 24.2 Å². The van der Waals surface area contributed by atoms with Crippen molar-refractivity contribution in [2.24, 2.45) is 0 Å². The lowest BCUT2D eigenvalue weighted by molar-refractivity contribution is -0.128. The number of aromatic nitrogens is 1. The van der Waals surface area contributed by atoms with Gasteiger partial charge in [-0.05, 0) is 32.1 Å². The molecule has 0 radical (unpaired) electrons. The van der Waals surface area contributed by atoms with Gasteiger partial charge in [0.25, 0.3) is 5.91 Å². The van der Waals surface area contributed by atoms with Gasteiger partial charge in [0.05, 0.1) is 18.3 Å². The van der Waals surface area contributed by atoms with Crippen LogP contribution in [0.1, 0.15) is 24.2 Å². The van der Waals surface area contributed by atoms with Crippen LogP contribution >= 0.6 is 11.6 Å². The van der Waals surface area contributed by atoms with Gasteiger partial charge in [0.1, 0.15) is 28.8 Å². The molecule has 3 aliphatic heterocycles. The van der Waals surface area contributed by atoms with E-state index in [1.165, 1.54) is 12.1 Å². The Bertz CT molecular complexity index is 1320. The largest absolute Gasteiger partial charge is 0.489 e. The minimum Gasteiger partial charge on any atom is -0.489 e. The molecule has 0 spiro atoms. The molecule has 2 amide bonds. The normalized spacial score (nSPS) is 20.9. The molecule has 9 nitrogen and oxygen atoms in total. The molecule has 0 aliphatic carbocycles. The first-order valence-corrected chi connectivity index (χ1v) is 13.9. The number of carbonyl (C=O) groups is 2. The highest BCUT2D eigenvalue weighted by Gasteiger charge is 2.42. The van der Waals surface area contributed by atoms with E-state index in [4.69, 9.17) is 26.1 Å². The molecular formula is C29H35ClFN5O4. The fourth-order valence-electron chi connectivity index (χ4n) is 5.82. The van der Waals surface area contributed by atoms with Crippen molar-refractivity contribution >= 4 is 29.2 Å². The van der Waals surface area contributed by atoms with Gasteiger partial charge >= 0.3 is 0 Å². The highest BCUT2D eigenvalue weighted by Crippen LogP contribution is 2.44. The SMILES string of the molecule is C=CC(=O)N1CCN2C(=O)c3c(N4CCN(CCOC)C(C)(C)C4)nc(-c4ccccc4F)c(Cl)c3OCC2C1. The minimum atomic E-state index is -0.469. The Morgan fingerprint density at radius 2 is 2.05 bits per heavy atom. The molecule has 4 heterocycles. The van der Waals surface area contributed by atoms with Gasteiger partial charge in [0.15, 0.2) is 5.75 Å². The summed E-state index contributed by atoms with van der Waals surface area (Å²) in [5, 5.41) is 0.0917. The van der Waals surface area contributed by atoms with Gasteiger partial charge in [-0.1, -0.05) is 30.3 Å². The van der Waals surface area contributed by atoms with E-state index in [2.05, 4.69) is 30.2 Å². The zero-order chi connectivity index (χ0) is 28.6. The molecular weight excluding hydrogens is 537 g/mol. The molecule has 1 atom stereocenters. The van der Waals surface area contributed by atoms with Crippen molar-refractivity contribution in [1.29, 1.82) is 0 Å². The zero-order valence-corrected chi connectivity index (χ0v) is 23.9. The van der Waals surface area contributed by atoms with Crippen molar-refractivity contribution < 1.29 is 23.5 Å². The first-order valence-electron chi connectivity index (χ1n) is 13.5. The summed E-state index contributed by atoms with van der Waals surface area (Å²) in [7, 11) is 1.69. The molecule has 214 valence electrons. The number of ether oxygens (including phenoxy) is 2. The Morgan fingerprint density at radius 1 is 1.27 bits per heavy atom. The standard InChI is InChI=1S/C29H35ClFN5O4/c1-5-22(37)33-11-13-36-19(16-33)17-40-26-23(28(36)38)27(32-25(24(26)30)20-8-6-7-9-21(20)31)34-10-12-35(14-15-39-4)29(2,3)18-34/h5-9,19H,1,10-18H2,2-4H3. The summed E-state index contributed by atoms with van der Waals surface area (Å²) in [6, 6.07) is 5.92. The van der Waals surface area contributed by atoms with Crippen LogP contribution in [-0.4, -0.2) is 109 Å². The van der Waals surface area contributed by atoms with Crippen LogP contribution in [-0.2, 0) is 9.53 Å². The third-order valence-corrected chi connectivity index (χ3v) is 8.36. The van der Waals surface area contributed by atoms with E-state index >= 15 is 4.39 Å². The summed E-state index contributed by atoms with van der Waals surface area (Å²) >= 11 is 6.87. The summed E-state index contributed by atoms with van der Waals surface area (Å²) in [5.74, 6) is -0.293. The number of fused-ring (bicyclic) bond motifs is 2. The predicted octanol–water partition coefficient (Wildman–Crippen LogP) is 3.32. The third-order valence-electron chi connectivity index (χ3n) is 8.01. The van der Waals surface area contributed by atoms with Gasteiger partial charge in [-0.3, -0.25) is 14.5 Å². The van der Waals surface area contributed by atoms with Gasteiger partial charge in [0.2, 0.25) is 5.91 Å². The monoisotopic (exact) mass is 571 g/mol. The molecule has 0 bridgehead atoms. The second kappa shape index (κ2) is 11.3. The van der Waals surface area contributed by atoms with E-state index in [0.717, 1.165) is 13.1 Å². The van der Waals surface area contributed by atoms with Crippen molar-refractivity contribution in [3.63, 3.8) is 0 Å². The highest BCUT2D eigenvalue weighted by atomic mass is 35.5. The molecule has 0 saturated carbocycles. The molecule has 11 heteroatoms. The van der Waals surface area contributed by atoms with Crippen molar-refractivity contribution in [3.05, 3.63) is 53.3 Å². The quantitative estimate of drug-likeness (QED) is 0.492. The summed E-state index contributed by atoms with van der Waals surface area (Å²) in [5.41, 5.74) is 0.480. The van der Waals surface area contributed by atoms with Crippen molar-refractivity contribution in [1.82, 2.24) is 19.7 Å². The van der Waals surface area contributed by atoms with E-state index in [-0.39, 0.29) is 57.6 Å². The van der Waals surface area contributed by atoms with Crippen LogP contribution in [0, 0.1) is 5.82 Å². The number of rotatable bonds is 6. The predicted molar refractivity (Wildman–Crippen MR) is 151 cm³/mol. The van der Waals surface area contributed by atoms with Gasteiger partial charge in [-0.25, -0.2) is 9.37 Å². The molecule has 1 aromatic heterocycles. The van der Waals surface area contributed by atoms with Crippen molar-refractivity contribution in [2.75, 3.05) is 71.0 Å². The lowest BCUT2D eigenvalue weighted by atomic mass is 9.97. The Morgan fingerprint density at radius 3 is 2.75 bits per heavy atom.